The van der Waals surface area contributed by atoms with E-state index in [2.05, 4.69) is 21.5 Å². The third-order valence-electron chi connectivity index (χ3n) is 4.46. The van der Waals surface area contributed by atoms with Crippen molar-refractivity contribution in [3.63, 3.8) is 0 Å². The summed E-state index contributed by atoms with van der Waals surface area (Å²) in [4.78, 5) is 24.7. The number of nitrogens with two attached hydrogens (primary N) is 1. The normalized spacial score (nSPS) is 22.0. The number of hydrogen-bond donors (Lipinski definition) is 5. The van der Waals surface area contributed by atoms with Gasteiger partial charge >= 0.3 is 0 Å². The summed E-state index contributed by atoms with van der Waals surface area (Å²) in [5, 5.41) is 5.47. The van der Waals surface area contributed by atoms with Crippen molar-refractivity contribution in [3.8, 4) is 0 Å². The Kier molecular flexibility index (Phi) is 5.62. The molecule has 0 bridgehead atoms. The second-order valence-corrected chi connectivity index (χ2v) is 6.31. The second kappa shape index (κ2) is 8.09. The van der Waals surface area contributed by atoms with Crippen molar-refractivity contribution in [2.75, 3.05) is 11.9 Å². The van der Waals surface area contributed by atoms with Gasteiger partial charge in [-0.1, -0.05) is 48.5 Å². The lowest BCUT2D eigenvalue weighted by molar-refractivity contribution is -0.125. The topological polar surface area (TPSA) is 108 Å². The molecule has 0 saturated carbocycles. The molecular weight excluding hydrogens is 330 g/mol. The molecule has 0 radical (unpaired) electrons. The van der Waals surface area contributed by atoms with Crippen molar-refractivity contribution >= 4 is 17.5 Å². The summed E-state index contributed by atoms with van der Waals surface area (Å²) >= 11 is 0. The molecule has 7 nitrogen and oxygen atoms in total. The number of anilines is 1. The zero-order valence-electron chi connectivity index (χ0n) is 14.5. The molecule has 2 amide bonds. The van der Waals surface area contributed by atoms with Crippen LogP contribution in [0.2, 0.25) is 0 Å². The van der Waals surface area contributed by atoms with Crippen LogP contribution in [-0.2, 0) is 9.59 Å². The van der Waals surface area contributed by atoms with Crippen molar-refractivity contribution in [3.05, 3.63) is 65.7 Å². The van der Waals surface area contributed by atoms with Gasteiger partial charge in [0.2, 0.25) is 11.8 Å². The van der Waals surface area contributed by atoms with Crippen molar-refractivity contribution in [1.82, 2.24) is 16.2 Å². The van der Waals surface area contributed by atoms with Crippen LogP contribution in [0, 0.1) is 6.92 Å². The average Bonchev–Trinajstić information content (AvgIpc) is 3.04. The van der Waals surface area contributed by atoms with Crippen molar-refractivity contribution < 1.29 is 9.59 Å². The van der Waals surface area contributed by atoms with Gasteiger partial charge in [-0.15, -0.1) is 0 Å². The highest BCUT2D eigenvalue weighted by Crippen LogP contribution is 2.25. The number of nitrogens with one attached hydrogen (secondary N) is 4. The summed E-state index contributed by atoms with van der Waals surface area (Å²) in [6, 6.07) is 16.5. The number of carbonyl (C=O) groups excluding carboxylic acids is 2. The number of rotatable bonds is 5. The van der Waals surface area contributed by atoms with Crippen LogP contribution < -0.4 is 27.2 Å². The first-order chi connectivity index (χ1) is 12.6. The van der Waals surface area contributed by atoms with Crippen LogP contribution in [0.1, 0.15) is 17.0 Å². The number of hydrazine groups is 1. The minimum Gasteiger partial charge on any atom is -0.346 e. The Morgan fingerprint density at radius 3 is 2.46 bits per heavy atom. The molecule has 6 N–H and O–H groups in total. The molecule has 0 spiro atoms. The van der Waals surface area contributed by atoms with E-state index >= 15 is 0 Å². The smallest absolute Gasteiger partial charge is 0.243 e. The van der Waals surface area contributed by atoms with Crippen LogP contribution in [0.15, 0.2) is 54.6 Å². The van der Waals surface area contributed by atoms with Crippen LogP contribution in [0.5, 0.6) is 0 Å². The Balaban J connectivity index is 1.59. The molecule has 7 heteroatoms. The van der Waals surface area contributed by atoms with Gasteiger partial charge in [0, 0.05) is 11.6 Å². The summed E-state index contributed by atoms with van der Waals surface area (Å²) < 4.78 is 0. The fourth-order valence-corrected chi connectivity index (χ4v) is 3.06. The predicted octanol–water partition coefficient (Wildman–Crippen LogP) is 0.595. The molecule has 1 aliphatic heterocycles. The third kappa shape index (κ3) is 4.08. The Bertz CT molecular complexity index is 781. The molecule has 2 aromatic rings. The molecule has 26 heavy (non-hydrogen) atoms. The lowest BCUT2D eigenvalue weighted by atomic mass is 9.90. The Hall–Kier alpha value is -2.74. The number of para-hydroxylation sites is 1. The first kappa shape index (κ1) is 18.1. The number of benzene rings is 2. The minimum absolute atomic E-state index is 0.109. The molecule has 1 aliphatic rings. The maximum Gasteiger partial charge on any atom is 0.243 e. The molecule has 136 valence electrons. The van der Waals surface area contributed by atoms with Gasteiger partial charge in [0.25, 0.3) is 0 Å². The molecule has 1 heterocycles. The van der Waals surface area contributed by atoms with Crippen LogP contribution >= 0.6 is 0 Å². The Labute approximate surface area is 152 Å². The maximum atomic E-state index is 12.5. The van der Waals surface area contributed by atoms with E-state index in [1.54, 1.807) is 0 Å². The largest absolute Gasteiger partial charge is 0.346 e. The lowest BCUT2D eigenvalue weighted by Gasteiger charge is -2.20. The summed E-state index contributed by atoms with van der Waals surface area (Å²) in [6.07, 6.45) is -0.394. The van der Waals surface area contributed by atoms with E-state index in [4.69, 9.17) is 5.73 Å². The molecule has 1 saturated heterocycles. The second-order valence-electron chi connectivity index (χ2n) is 6.31. The van der Waals surface area contributed by atoms with Gasteiger partial charge in [-0.05, 0) is 24.1 Å². The Morgan fingerprint density at radius 1 is 1.04 bits per heavy atom. The monoisotopic (exact) mass is 353 g/mol. The predicted molar refractivity (Wildman–Crippen MR) is 100 cm³/mol. The molecule has 1 fully saturated rings. The molecule has 2 aromatic carbocycles. The first-order valence-electron chi connectivity index (χ1n) is 8.51. The number of amides is 2. The van der Waals surface area contributed by atoms with Crippen molar-refractivity contribution in [2.45, 2.75) is 25.0 Å². The van der Waals surface area contributed by atoms with E-state index in [0.717, 1.165) is 16.8 Å². The highest BCUT2D eigenvalue weighted by molar-refractivity contribution is 5.96. The molecule has 0 aliphatic carbocycles. The first-order valence-corrected chi connectivity index (χ1v) is 8.51. The summed E-state index contributed by atoms with van der Waals surface area (Å²) in [7, 11) is 0. The standard InChI is InChI=1S/C19H23N5O2/c1-12-7-5-6-10-14(12)22-15(25)11-21-19(26)17-16(18(20)24-23-17)13-8-3-2-4-9-13/h2-10,16-18,23-24H,11,20H2,1H3,(H,21,26)(H,22,25). The van der Waals surface area contributed by atoms with E-state index in [0.29, 0.717) is 0 Å². The highest BCUT2D eigenvalue weighted by atomic mass is 16.2. The summed E-state index contributed by atoms with van der Waals surface area (Å²) in [5.41, 5.74) is 14.6. The van der Waals surface area contributed by atoms with Gasteiger partial charge in [-0.25, -0.2) is 10.9 Å². The molecule has 3 rings (SSSR count). The van der Waals surface area contributed by atoms with E-state index in [9.17, 15) is 9.59 Å². The van der Waals surface area contributed by atoms with Gasteiger partial charge < -0.3 is 16.4 Å². The minimum atomic E-state index is -0.557. The SMILES string of the molecule is Cc1ccccc1NC(=O)CNC(=O)C1NNC(N)C1c1ccccc1. The highest BCUT2D eigenvalue weighted by Gasteiger charge is 2.39. The average molecular weight is 353 g/mol. The van der Waals surface area contributed by atoms with Crippen LogP contribution in [0.3, 0.4) is 0 Å². The van der Waals surface area contributed by atoms with Gasteiger partial charge in [-0.3, -0.25) is 9.59 Å². The van der Waals surface area contributed by atoms with Crippen molar-refractivity contribution in [1.29, 1.82) is 0 Å². The maximum absolute atomic E-state index is 12.5. The van der Waals surface area contributed by atoms with Crippen LogP contribution in [0.4, 0.5) is 5.69 Å². The molecular formula is C19H23N5O2. The number of aryl methyl sites for hydroxylation is 1. The van der Waals surface area contributed by atoms with E-state index in [1.807, 2.05) is 61.5 Å². The van der Waals surface area contributed by atoms with Crippen LogP contribution in [-0.4, -0.2) is 30.6 Å². The Morgan fingerprint density at radius 2 is 1.73 bits per heavy atom. The van der Waals surface area contributed by atoms with Gasteiger partial charge in [0.15, 0.2) is 0 Å². The summed E-state index contributed by atoms with van der Waals surface area (Å²) in [5.74, 6) is -0.783. The molecule has 0 aromatic heterocycles. The number of hydrogen-bond acceptors (Lipinski definition) is 5. The fraction of sp³-hybridized carbons (Fsp3) is 0.263. The third-order valence-corrected chi connectivity index (χ3v) is 4.46. The van der Waals surface area contributed by atoms with E-state index < -0.39 is 12.2 Å². The van der Waals surface area contributed by atoms with E-state index in [1.165, 1.54) is 0 Å². The lowest BCUT2D eigenvalue weighted by Crippen LogP contribution is -2.47. The zero-order valence-corrected chi connectivity index (χ0v) is 14.5. The molecule has 3 atom stereocenters. The zero-order chi connectivity index (χ0) is 18.5. The van der Waals surface area contributed by atoms with Crippen molar-refractivity contribution in [2.24, 2.45) is 5.73 Å². The number of carbonyl (C=O) groups is 2. The van der Waals surface area contributed by atoms with Gasteiger partial charge in [0.05, 0.1) is 12.7 Å². The summed E-state index contributed by atoms with van der Waals surface area (Å²) in [6.45, 7) is 1.80. The van der Waals surface area contributed by atoms with Crippen LogP contribution in [0.25, 0.3) is 0 Å². The van der Waals surface area contributed by atoms with Gasteiger partial charge in [-0.2, -0.15) is 0 Å². The fourth-order valence-electron chi connectivity index (χ4n) is 3.06. The van der Waals surface area contributed by atoms with E-state index in [-0.39, 0.29) is 24.3 Å². The van der Waals surface area contributed by atoms with Gasteiger partial charge in [0.1, 0.15) is 6.04 Å². The molecule has 3 unspecified atom stereocenters. The quantitative estimate of drug-likeness (QED) is 0.541.